The molecule has 0 radical (unpaired) electrons. The number of carbonyl (C=O) groups excluding carboxylic acids is 3. The number of hydrogen-bond donors (Lipinski definition) is 0. The van der Waals surface area contributed by atoms with Gasteiger partial charge in [-0.3, -0.25) is 14.5 Å². The molecule has 2 amide bonds. The van der Waals surface area contributed by atoms with Crippen LogP contribution < -0.4 is 0 Å². The molecule has 1 heterocycles. The Kier molecular flexibility index (Phi) is 3.55. The van der Waals surface area contributed by atoms with Gasteiger partial charge in [0.2, 0.25) is 11.8 Å². The van der Waals surface area contributed by atoms with Gasteiger partial charge in [0.15, 0.2) is 0 Å². The topological polar surface area (TPSA) is 54.5 Å². The first-order chi connectivity index (χ1) is 8.63. The van der Waals surface area contributed by atoms with Crippen LogP contribution in [0.15, 0.2) is 30.3 Å². The molecule has 0 N–H and O–H groups in total. The molecule has 4 heteroatoms. The molecule has 1 fully saturated rings. The third kappa shape index (κ3) is 2.32. The van der Waals surface area contributed by atoms with E-state index in [0.717, 1.165) is 11.8 Å². The largest absolute Gasteiger partial charge is 0.303 e. The molecule has 0 aliphatic carbocycles. The molecule has 1 aromatic carbocycles. The summed E-state index contributed by atoms with van der Waals surface area (Å²) in [5.74, 6) is -1.31. The van der Waals surface area contributed by atoms with Crippen LogP contribution in [0.3, 0.4) is 0 Å². The van der Waals surface area contributed by atoms with E-state index in [4.69, 9.17) is 0 Å². The van der Waals surface area contributed by atoms with Gasteiger partial charge >= 0.3 is 0 Å². The van der Waals surface area contributed by atoms with Gasteiger partial charge in [0.25, 0.3) is 0 Å². The molecule has 0 saturated carbocycles. The van der Waals surface area contributed by atoms with Crippen LogP contribution in [0.4, 0.5) is 0 Å². The van der Waals surface area contributed by atoms with Gasteiger partial charge in [-0.1, -0.05) is 37.3 Å². The summed E-state index contributed by atoms with van der Waals surface area (Å²) in [6.45, 7) is 1.97. The molecule has 1 unspecified atom stereocenters. The Hall–Kier alpha value is -1.97. The average Bonchev–Trinajstić information content (AvgIpc) is 2.67. The Bertz CT molecular complexity index is 469. The number of carbonyl (C=O) groups is 3. The molecule has 0 spiro atoms. The Balaban J connectivity index is 2.13. The van der Waals surface area contributed by atoms with E-state index in [2.05, 4.69) is 0 Å². The van der Waals surface area contributed by atoms with Crippen LogP contribution in [0, 0.1) is 11.8 Å². The van der Waals surface area contributed by atoms with Gasteiger partial charge < -0.3 is 4.79 Å². The maximum absolute atomic E-state index is 12.1. The molecule has 94 valence electrons. The molecular weight excluding hydrogens is 230 g/mol. The number of hydrogen-bond acceptors (Lipinski definition) is 3. The normalized spacial score (nSPS) is 21.2. The molecule has 2 atom stereocenters. The van der Waals surface area contributed by atoms with E-state index in [0.29, 0.717) is 6.54 Å². The third-order valence-corrected chi connectivity index (χ3v) is 3.31. The van der Waals surface area contributed by atoms with Gasteiger partial charge in [0.1, 0.15) is 6.29 Å². The molecule has 0 aromatic heterocycles. The Morgan fingerprint density at radius 1 is 1.33 bits per heavy atom. The fraction of sp³-hybridized carbons (Fsp3) is 0.357. The zero-order chi connectivity index (χ0) is 13.1. The van der Waals surface area contributed by atoms with Crippen molar-refractivity contribution < 1.29 is 14.4 Å². The predicted molar refractivity (Wildman–Crippen MR) is 65.3 cm³/mol. The van der Waals surface area contributed by atoms with Crippen LogP contribution in [0.2, 0.25) is 0 Å². The molecule has 1 aliphatic rings. The summed E-state index contributed by atoms with van der Waals surface area (Å²) >= 11 is 0. The highest BCUT2D eigenvalue weighted by Gasteiger charge is 2.41. The number of likely N-dealkylation sites (tertiary alicyclic amines) is 1. The summed E-state index contributed by atoms with van der Waals surface area (Å²) in [5, 5.41) is 0. The second-order valence-electron chi connectivity index (χ2n) is 4.61. The number of imide groups is 1. The molecule has 18 heavy (non-hydrogen) atoms. The number of benzene rings is 1. The van der Waals surface area contributed by atoms with Gasteiger partial charge in [0, 0.05) is 12.3 Å². The van der Waals surface area contributed by atoms with Crippen LogP contribution >= 0.6 is 0 Å². The first-order valence-electron chi connectivity index (χ1n) is 5.97. The summed E-state index contributed by atoms with van der Waals surface area (Å²) in [7, 11) is 0. The summed E-state index contributed by atoms with van der Waals surface area (Å²) in [6, 6.07) is 9.36. The summed E-state index contributed by atoms with van der Waals surface area (Å²) in [4.78, 5) is 35.9. The van der Waals surface area contributed by atoms with E-state index >= 15 is 0 Å². The van der Waals surface area contributed by atoms with Crippen molar-refractivity contribution in [2.75, 3.05) is 0 Å². The van der Waals surface area contributed by atoms with Crippen molar-refractivity contribution in [3.63, 3.8) is 0 Å². The average molecular weight is 245 g/mol. The highest BCUT2D eigenvalue weighted by Crippen LogP contribution is 2.26. The summed E-state index contributed by atoms with van der Waals surface area (Å²) < 4.78 is 0. The second-order valence-corrected chi connectivity index (χ2v) is 4.61. The van der Waals surface area contributed by atoms with Gasteiger partial charge in [-0.25, -0.2) is 0 Å². The van der Waals surface area contributed by atoms with Gasteiger partial charge in [-0.05, 0) is 5.56 Å². The Morgan fingerprint density at radius 2 is 2.00 bits per heavy atom. The van der Waals surface area contributed by atoms with Crippen LogP contribution in [-0.4, -0.2) is 23.0 Å². The van der Waals surface area contributed by atoms with E-state index in [1.165, 1.54) is 4.90 Å². The molecule has 4 nitrogen and oxygen atoms in total. The molecule has 2 rings (SSSR count). The third-order valence-electron chi connectivity index (χ3n) is 3.31. The summed E-state index contributed by atoms with van der Waals surface area (Å²) in [5.41, 5.74) is 0.915. The van der Waals surface area contributed by atoms with Crippen LogP contribution in [-0.2, 0) is 20.9 Å². The highest BCUT2D eigenvalue weighted by atomic mass is 16.2. The first kappa shape index (κ1) is 12.5. The van der Waals surface area contributed by atoms with E-state index in [1.807, 2.05) is 30.3 Å². The fourth-order valence-corrected chi connectivity index (χ4v) is 2.15. The molecular formula is C14H15NO3. The molecule has 1 aliphatic heterocycles. The first-order valence-corrected chi connectivity index (χ1v) is 5.97. The highest BCUT2D eigenvalue weighted by molar-refractivity contribution is 6.04. The maximum atomic E-state index is 12.1. The van der Waals surface area contributed by atoms with Crippen molar-refractivity contribution in [2.24, 2.45) is 11.8 Å². The minimum atomic E-state index is -0.487. The van der Waals surface area contributed by atoms with Crippen molar-refractivity contribution in [3.05, 3.63) is 35.9 Å². The van der Waals surface area contributed by atoms with Crippen molar-refractivity contribution in [2.45, 2.75) is 19.9 Å². The lowest BCUT2D eigenvalue weighted by atomic mass is 9.94. The lowest BCUT2D eigenvalue weighted by Gasteiger charge is -2.15. The zero-order valence-corrected chi connectivity index (χ0v) is 10.2. The SMILES string of the molecule is CC(C=O)[C@H]1CC(=O)N(Cc2ccccc2)C1=O. The zero-order valence-electron chi connectivity index (χ0n) is 10.2. The van der Waals surface area contributed by atoms with Crippen molar-refractivity contribution in [1.82, 2.24) is 4.90 Å². The number of rotatable bonds is 4. The van der Waals surface area contributed by atoms with Crippen molar-refractivity contribution in [1.29, 1.82) is 0 Å². The predicted octanol–water partition coefficient (Wildman–Crippen LogP) is 1.40. The summed E-state index contributed by atoms with van der Waals surface area (Å²) in [6.07, 6.45) is 0.882. The minimum Gasteiger partial charge on any atom is -0.303 e. The second kappa shape index (κ2) is 5.12. The number of nitrogens with zero attached hydrogens (tertiary/aromatic N) is 1. The van der Waals surface area contributed by atoms with Crippen molar-refractivity contribution >= 4 is 18.1 Å². The smallest absolute Gasteiger partial charge is 0.233 e. The van der Waals surface area contributed by atoms with Crippen LogP contribution in [0.5, 0.6) is 0 Å². The molecule has 1 aromatic rings. The minimum absolute atomic E-state index is 0.144. The van der Waals surface area contributed by atoms with Crippen LogP contribution in [0.1, 0.15) is 18.9 Å². The van der Waals surface area contributed by atoms with Crippen molar-refractivity contribution in [3.8, 4) is 0 Å². The van der Waals surface area contributed by atoms with Gasteiger partial charge in [0.05, 0.1) is 12.5 Å². The standard InChI is InChI=1S/C14H15NO3/c1-10(9-16)12-7-13(17)15(14(12)18)8-11-5-3-2-4-6-11/h2-6,9-10,12H,7-8H2,1H3/t10?,12-/m1/s1. The molecule has 0 bridgehead atoms. The van der Waals surface area contributed by atoms with E-state index < -0.39 is 11.8 Å². The Morgan fingerprint density at radius 3 is 2.61 bits per heavy atom. The number of aldehydes is 1. The van der Waals surface area contributed by atoms with Crippen LogP contribution in [0.25, 0.3) is 0 Å². The number of amides is 2. The lowest BCUT2D eigenvalue weighted by Crippen LogP contribution is -2.31. The van der Waals surface area contributed by atoms with Gasteiger partial charge in [-0.2, -0.15) is 0 Å². The lowest BCUT2D eigenvalue weighted by molar-refractivity contribution is -0.141. The van der Waals surface area contributed by atoms with E-state index in [1.54, 1.807) is 6.92 Å². The van der Waals surface area contributed by atoms with Gasteiger partial charge in [-0.15, -0.1) is 0 Å². The molecule has 1 saturated heterocycles. The Labute approximate surface area is 106 Å². The monoisotopic (exact) mass is 245 g/mol. The quantitative estimate of drug-likeness (QED) is 0.595. The van der Waals surface area contributed by atoms with E-state index in [9.17, 15) is 14.4 Å². The fourth-order valence-electron chi connectivity index (χ4n) is 2.15. The maximum Gasteiger partial charge on any atom is 0.233 e. The van der Waals surface area contributed by atoms with E-state index in [-0.39, 0.29) is 18.2 Å².